The largest absolute Gasteiger partial charge is 0.504 e. The van der Waals surface area contributed by atoms with E-state index in [1.54, 1.807) is 18.2 Å². The van der Waals surface area contributed by atoms with E-state index in [0.29, 0.717) is 24.3 Å². The first-order chi connectivity index (χ1) is 24.6. The fourth-order valence-electron chi connectivity index (χ4n) is 6.63. The standard InChI is InChI=1S/C43H72O7/c1-47-41-35-38(30-32-40(41)44)31-33-43(46)50-37-39-36-49-42(45)29-27-25-23-21-19-17-15-13-11-9-7-5-3-2-4-6-8-10-12-14-16-18-20-22-24-26-28-34-48-39/h30-33,35,39,44H,2-29,34,36-37H2,1H3. The van der Waals surface area contributed by atoms with Crippen LogP contribution in [-0.2, 0) is 23.8 Å². The van der Waals surface area contributed by atoms with E-state index < -0.39 is 12.1 Å². The lowest BCUT2D eigenvalue weighted by Gasteiger charge is -2.18. The third kappa shape index (κ3) is 24.6. The molecule has 7 heteroatoms. The van der Waals surface area contributed by atoms with E-state index in [0.717, 1.165) is 25.7 Å². The molecule has 1 aliphatic heterocycles. The van der Waals surface area contributed by atoms with Crippen molar-refractivity contribution in [1.29, 1.82) is 0 Å². The first-order valence-electron chi connectivity index (χ1n) is 20.6. The highest BCUT2D eigenvalue weighted by atomic mass is 16.6. The molecule has 50 heavy (non-hydrogen) atoms. The van der Waals surface area contributed by atoms with Crippen LogP contribution >= 0.6 is 0 Å². The summed E-state index contributed by atoms with van der Waals surface area (Å²) < 4.78 is 22.2. The smallest absolute Gasteiger partial charge is 0.330 e. The molecule has 1 N–H and O–H groups in total. The Morgan fingerprint density at radius 2 is 1.14 bits per heavy atom. The highest BCUT2D eigenvalue weighted by molar-refractivity contribution is 5.87. The summed E-state index contributed by atoms with van der Waals surface area (Å²) in [5.74, 6) is -0.375. The molecule has 1 fully saturated rings. The van der Waals surface area contributed by atoms with Gasteiger partial charge in [-0.05, 0) is 36.6 Å². The van der Waals surface area contributed by atoms with E-state index >= 15 is 0 Å². The van der Waals surface area contributed by atoms with Crippen LogP contribution in [0.4, 0.5) is 0 Å². The summed E-state index contributed by atoms with van der Waals surface area (Å²) in [5.41, 5.74) is 0.695. The van der Waals surface area contributed by atoms with E-state index in [1.807, 2.05) is 0 Å². The van der Waals surface area contributed by atoms with Crippen molar-refractivity contribution in [3.05, 3.63) is 29.8 Å². The van der Waals surface area contributed by atoms with Crippen molar-refractivity contribution in [2.45, 2.75) is 186 Å². The number of esters is 2. The summed E-state index contributed by atoms with van der Waals surface area (Å²) in [6.07, 6.45) is 38.0. The van der Waals surface area contributed by atoms with E-state index in [-0.39, 0.29) is 24.9 Å². The number of phenols is 1. The van der Waals surface area contributed by atoms with Crippen molar-refractivity contribution in [3.8, 4) is 11.5 Å². The fraction of sp³-hybridized carbons (Fsp3) is 0.767. The van der Waals surface area contributed by atoms with Gasteiger partial charge in [-0.25, -0.2) is 4.79 Å². The quantitative estimate of drug-likeness (QED) is 0.241. The number of rotatable bonds is 5. The molecule has 0 spiro atoms. The van der Waals surface area contributed by atoms with E-state index in [2.05, 4.69) is 0 Å². The molecule has 1 heterocycles. The fourth-order valence-corrected chi connectivity index (χ4v) is 6.63. The molecule has 1 saturated heterocycles. The Morgan fingerprint density at radius 3 is 1.60 bits per heavy atom. The van der Waals surface area contributed by atoms with Gasteiger partial charge < -0.3 is 24.1 Å². The average Bonchev–Trinajstić information content (AvgIpc) is 3.12. The molecule has 1 atom stereocenters. The molecule has 0 bridgehead atoms. The van der Waals surface area contributed by atoms with Gasteiger partial charge in [0.25, 0.3) is 0 Å². The number of phenolic OH excluding ortho intramolecular Hbond substituents is 1. The normalized spacial score (nSPS) is 21.4. The highest BCUT2D eigenvalue weighted by Crippen LogP contribution is 2.26. The van der Waals surface area contributed by atoms with Gasteiger partial charge in [0.15, 0.2) is 11.5 Å². The van der Waals surface area contributed by atoms with Crippen molar-refractivity contribution in [2.24, 2.45) is 0 Å². The summed E-state index contributed by atoms with van der Waals surface area (Å²) in [5, 5.41) is 9.79. The van der Waals surface area contributed by atoms with Gasteiger partial charge in [0.2, 0.25) is 0 Å². The maximum atomic E-state index is 12.5. The molecule has 0 saturated carbocycles. The molecule has 1 aromatic carbocycles. The number of aromatic hydroxyl groups is 1. The van der Waals surface area contributed by atoms with Crippen molar-refractivity contribution in [3.63, 3.8) is 0 Å². The van der Waals surface area contributed by atoms with Gasteiger partial charge in [-0.1, -0.05) is 167 Å². The van der Waals surface area contributed by atoms with E-state index in [9.17, 15) is 14.7 Å². The zero-order valence-electron chi connectivity index (χ0n) is 31.8. The number of carbonyl (C=O) groups is 2. The first kappa shape index (κ1) is 43.6. The molecule has 0 amide bonds. The Balaban J connectivity index is 1.74. The predicted molar refractivity (Wildman–Crippen MR) is 205 cm³/mol. The highest BCUT2D eigenvalue weighted by Gasteiger charge is 2.15. The lowest BCUT2D eigenvalue weighted by Crippen LogP contribution is -2.28. The van der Waals surface area contributed by atoms with Crippen LogP contribution in [0.3, 0.4) is 0 Å². The minimum Gasteiger partial charge on any atom is -0.504 e. The van der Waals surface area contributed by atoms with Gasteiger partial charge in [0.05, 0.1) is 7.11 Å². The number of methoxy groups -OCH3 is 1. The first-order valence-corrected chi connectivity index (χ1v) is 20.6. The second kappa shape index (κ2) is 31.2. The Morgan fingerprint density at radius 1 is 0.700 bits per heavy atom. The summed E-state index contributed by atoms with van der Waals surface area (Å²) in [7, 11) is 1.47. The summed E-state index contributed by atoms with van der Waals surface area (Å²) in [4.78, 5) is 25.0. The number of ether oxygens (including phenoxy) is 4. The third-order valence-electron chi connectivity index (χ3n) is 9.84. The van der Waals surface area contributed by atoms with Crippen LogP contribution in [0.1, 0.15) is 185 Å². The van der Waals surface area contributed by atoms with E-state index in [1.165, 1.54) is 167 Å². The maximum absolute atomic E-state index is 12.5. The lowest BCUT2D eigenvalue weighted by atomic mass is 10.0. The lowest BCUT2D eigenvalue weighted by molar-refractivity contribution is -0.153. The molecule has 1 aliphatic rings. The Labute approximate surface area is 305 Å². The van der Waals surface area contributed by atoms with Gasteiger partial charge >= 0.3 is 11.9 Å². The minimum atomic E-state index is -0.517. The molecule has 7 nitrogen and oxygen atoms in total. The SMILES string of the molecule is COc1cc(C=CC(=O)OCC2COC(=O)CCCCCCCCCCCCCCCCCCCCCCCCCCCCCO2)ccc1O. The summed E-state index contributed by atoms with van der Waals surface area (Å²) >= 11 is 0. The third-order valence-corrected chi connectivity index (χ3v) is 9.84. The van der Waals surface area contributed by atoms with E-state index in [4.69, 9.17) is 18.9 Å². The van der Waals surface area contributed by atoms with Crippen molar-refractivity contribution in [1.82, 2.24) is 0 Å². The maximum Gasteiger partial charge on any atom is 0.330 e. The topological polar surface area (TPSA) is 91.3 Å². The summed E-state index contributed by atoms with van der Waals surface area (Å²) in [6.45, 7) is 0.628. The van der Waals surface area contributed by atoms with Crippen molar-refractivity contribution >= 4 is 18.0 Å². The Kier molecular flexibility index (Phi) is 27.2. The molecular weight excluding hydrogens is 628 g/mol. The van der Waals surface area contributed by atoms with Crippen LogP contribution in [0.2, 0.25) is 0 Å². The van der Waals surface area contributed by atoms with Gasteiger partial charge in [-0.15, -0.1) is 0 Å². The van der Waals surface area contributed by atoms with Gasteiger partial charge in [-0.2, -0.15) is 0 Å². The number of cyclic esters (lactones) is 1. The van der Waals surface area contributed by atoms with Crippen LogP contribution in [-0.4, -0.2) is 50.1 Å². The number of benzene rings is 1. The summed E-state index contributed by atoms with van der Waals surface area (Å²) in [6, 6.07) is 4.83. The Hall–Kier alpha value is -2.54. The Bertz CT molecular complexity index is 1010. The molecule has 0 radical (unpaired) electrons. The molecule has 286 valence electrons. The molecule has 0 aliphatic carbocycles. The number of hydrogen-bond donors (Lipinski definition) is 1. The van der Waals surface area contributed by atoms with Crippen LogP contribution in [0.15, 0.2) is 24.3 Å². The molecule has 2 rings (SSSR count). The van der Waals surface area contributed by atoms with Gasteiger partial charge in [-0.3, -0.25) is 4.79 Å². The van der Waals surface area contributed by atoms with Crippen LogP contribution in [0.5, 0.6) is 11.5 Å². The average molecular weight is 701 g/mol. The molecule has 1 unspecified atom stereocenters. The van der Waals surface area contributed by atoms with Crippen LogP contribution in [0, 0.1) is 0 Å². The molecule has 1 aromatic rings. The number of carbonyl (C=O) groups excluding carboxylic acids is 2. The zero-order valence-corrected chi connectivity index (χ0v) is 31.8. The monoisotopic (exact) mass is 701 g/mol. The van der Waals surface area contributed by atoms with Crippen LogP contribution < -0.4 is 4.74 Å². The minimum absolute atomic E-state index is 0.00928. The van der Waals surface area contributed by atoms with Gasteiger partial charge in [0.1, 0.15) is 19.3 Å². The second-order valence-corrected chi connectivity index (χ2v) is 14.4. The second-order valence-electron chi connectivity index (χ2n) is 14.4. The van der Waals surface area contributed by atoms with Crippen LogP contribution in [0.25, 0.3) is 6.08 Å². The van der Waals surface area contributed by atoms with Crippen molar-refractivity contribution < 1.29 is 33.6 Å². The predicted octanol–water partition coefficient (Wildman–Crippen LogP) is 11.8. The van der Waals surface area contributed by atoms with Crippen molar-refractivity contribution in [2.75, 3.05) is 26.9 Å². The molecule has 0 aromatic heterocycles. The molecular formula is C43H72O7. The number of hydrogen-bond acceptors (Lipinski definition) is 7. The van der Waals surface area contributed by atoms with Gasteiger partial charge in [0, 0.05) is 19.1 Å². The zero-order chi connectivity index (χ0) is 35.7.